The molecule has 6 heteroatoms. The number of thioether (sulfide) groups is 2. The van der Waals surface area contributed by atoms with Crippen molar-refractivity contribution in [3.63, 3.8) is 0 Å². The molecule has 114 valence electrons. The maximum atomic E-state index is 8.90. The maximum absolute atomic E-state index is 8.90. The average molecular weight is 332 g/mol. The molecule has 0 bridgehead atoms. The smallest absolute Gasteiger partial charge is 0.0905 e. The summed E-state index contributed by atoms with van der Waals surface area (Å²) in [5.41, 5.74) is 3.47. The molecule has 0 aliphatic rings. The maximum Gasteiger partial charge on any atom is 0.0905 e. The molecule has 1 heterocycles. The van der Waals surface area contributed by atoms with E-state index in [1.54, 1.807) is 23.5 Å². The van der Waals surface area contributed by atoms with Crippen LogP contribution in [0.3, 0.4) is 0 Å². The minimum atomic E-state index is 0.167. The fourth-order valence-electron chi connectivity index (χ4n) is 2.14. The Kier molecular flexibility index (Phi) is 5.15. The molecule has 0 amide bonds. The summed E-state index contributed by atoms with van der Waals surface area (Å²) in [4.78, 5) is 11.5. The second kappa shape index (κ2) is 7.28. The zero-order valence-corrected chi connectivity index (χ0v) is 13.5. The Labute approximate surface area is 137 Å². The lowest BCUT2D eigenvalue weighted by Crippen LogP contribution is -1.90. The van der Waals surface area contributed by atoms with Crippen molar-refractivity contribution in [1.82, 2.24) is 9.97 Å². The molecule has 1 aromatic heterocycles. The molecular weight excluding hydrogens is 316 g/mol. The summed E-state index contributed by atoms with van der Waals surface area (Å²) >= 11 is 3.21. The second-order valence-corrected chi connectivity index (χ2v) is 7.01. The predicted octanol–water partition coefficient (Wildman–Crippen LogP) is 2.95. The lowest BCUT2D eigenvalue weighted by molar-refractivity contribution is 0.322. The predicted molar refractivity (Wildman–Crippen MR) is 92.7 cm³/mol. The quantitative estimate of drug-likeness (QED) is 0.534. The third-order valence-corrected chi connectivity index (χ3v) is 5.04. The SMILES string of the molecule is OCCSc1ccc2nc3cc(SCCO)ccc3nc2c1. The van der Waals surface area contributed by atoms with Gasteiger partial charge in [0.2, 0.25) is 0 Å². The van der Waals surface area contributed by atoms with Crippen LogP contribution in [0.2, 0.25) is 0 Å². The molecule has 0 aliphatic heterocycles. The molecule has 0 radical (unpaired) electrons. The lowest BCUT2D eigenvalue weighted by Gasteiger charge is -2.05. The molecule has 3 aromatic rings. The van der Waals surface area contributed by atoms with Crippen LogP contribution in [0.5, 0.6) is 0 Å². The van der Waals surface area contributed by atoms with Crippen LogP contribution in [-0.4, -0.2) is 44.9 Å². The van der Waals surface area contributed by atoms with Gasteiger partial charge in [0.05, 0.1) is 35.3 Å². The fraction of sp³-hybridized carbons (Fsp3) is 0.250. The molecule has 0 fully saturated rings. The number of benzene rings is 2. The number of aliphatic hydroxyl groups excluding tert-OH is 2. The van der Waals surface area contributed by atoms with E-state index < -0.39 is 0 Å². The number of nitrogens with zero attached hydrogens (tertiary/aromatic N) is 2. The second-order valence-electron chi connectivity index (χ2n) is 4.67. The van der Waals surface area contributed by atoms with Crippen molar-refractivity contribution in [3.8, 4) is 0 Å². The summed E-state index contributed by atoms with van der Waals surface area (Å²) in [6, 6.07) is 12.0. The Hall–Kier alpha value is -1.34. The average Bonchev–Trinajstić information content (AvgIpc) is 2.56. The lowest BCUT2D eigenvalue weighted by atomic mass is 10.2. The number of aromatic nitrogens is 2. The van der Waals surface area contributed by atoms with E-state index in [1.165, 1.54) is 0 Å². The van der Waals surface area contributed by atoms with Gasteiger partial charge in [0.15, 0.2) is 0 Å². The van der Waals surface area contributed by atoms with Gasteiger partial charge in [-0.1, -0.05) is 0 Å². The summed E-state index contributed by atoms with van der Waals surface area (Å²) in [5.74, 6) is 1.36. The summed E-state index contributed by atoms with van der Waals surface area (Å²) < 4.78 is 0. The van der Waals surface area contributed by atoms with Crippen LogP contribution in [-0.2, 0) is 0 Å². The Morgan fingerprint density at radius 2 is 1.14 bits per heavy atom. The Bertz CT molecular complexity index is 728. The standard InChI is InChI=1S/C16H16N2O2S2/c19-5-7-21-11-1-3-13-15(9-11)18-14-4-2-12(22-8-6-20)10-16(14)17-13/h1-4,9-10,19-20H,5-8H2. The largest absolute Gasteiger partial charge is 0.396 e. The summed E-state index contributed by atoms with van der Waals surface area (Å²) in [7, 11) is 0. The molecule has 0 saturated heterocycles. The monoisotopic (exact) mass is 332 g/mol. The summed E-state index contributed by atoms with van der Waals surface area (Å²) in [6.45, 7) is 0.334. The van der Waals surface area contributed by atoms with Gasteiger partial charge in [0.25, 0.3) is 0 Å². The van der Waals surface area contributed by atoms with E-state index in [0.29, 0.717) is 11.5 Å². The van der Waals surface area contributed by atoms with E-state index in [2.05, 4.69) is 9.97 Å². The third kappa shape index (κ3) is 3.52. The topological polar surface area (TPSA) is 66.2 Å². The highest BCUT2D eigenvalue weighted by molar-refractivity contribution is 7.99. The number of hydrogen-bond donors (Lipinski definition) is 2. The van der Waals surface area contributed by atoms with Gasteiger partial charge in [-0.2, -0.15) is 0 Å². The molecule has 0 saturated carbocycles. The van der Waals surface area contributed by atoms with E-state index in [0.717, 1.165) is 31.9 Å². The van der Waals surface area contributed by atoms with Crippen LogP contribution in [0.1, 0.15) is 0 Å². The van der Waals surface area contributed by atoms with Crippen molar-refractivity contribution in [2.24, 2.45) is 0 Å². The van der Waals surface area contributed by atoms with Crippen LogP contribution in [0, 0.1) is 0 Å². The Morgan fingerprint density at radius 1 is 0.682 bits per heavy atom. The van der Waals surface area contributed by atoms with Crippen LogP contribution < -0.4 is 0 Å². The van der Waals surface area contributed by atoms with E-state index in [1.807, 2.05) is 36.4 Å². The zero-order valence-electron chi connectivity index (χ0n) is 11.9. The normalized spacial score (nSPS) is 11.4. The van der Waals surface area contributed by atoms with Crippen molar-refractivity contribution < 1.29 is 10.2 Å². The minimum absolute atomic E-state index is 0.167. The molecule has 0 spiro atoms. The van der Waals surface area contributed by atoms with Gasteiger partial charge in [-0.15, -0.1) is 23.5 Å². The van der Waals surface area contributed by atoms with Crippen molar-refractivity contribution in [2.45, 2.75) is 9.79 Å². The van der Waals surface area contributed by atoms with Crippen LogP contribution >= 0.6 is 23.5 Å². The third-order valence-electron chi connectivity index (χ3n) is 3.10. The summed E-state index contributed by atoms with van der Waals surface area (Å²) in [5, 5.41) is 17.8. The van der Waals surface area contributed by atoms with Gasteiger partial charge >= 0.3 is 0 Å². The number of aliphatic hydroxyl groups is 2. The number of fused-ring (bicyclic) bond motifs is 2. The first-order valence-corrected chi connectivity index (χ1v) is 8.96. The molecule has 0 atom stereocenters. The van der Waals surface area contributed by atoms with Crippen LogP contribution in [0.4, 0.5) is 0 Å². The van der Waals surface area contributed by atoms with Gasteiger partial charge in [0.1, 0.15) is 0 Å². The molecule has 2 aromatic carbocycles. The van der Waals surface area contributed by atoms with E-state index in [-0.39, 0.29) is 13.2 Å². The Morgan fingerprint density at radius 3 is 1.55 bits per heavy atom. The van der Waals surface area contributed by atoms with Gasteiger partial charge in [-0.25, -0.2) is 9.97 Å². The van der Waals surface area contributed by atoms with Crippen LogP contribution in [0.25, 0.3) is 22.1 Å². The van der Waals surface area contributed by atoms with E-state index >= 15 is 0 Å². The highest BCUT2D eigenvalue weighted by atomic mass is 32.2. The van der Waals surface area contributed by atoms with E-state index in [9.17, 15) is 0 Å². The molecule has 4 nitrogen and oxygen atoms in total. The van der Waals surface area contributed by atoms with Crippen molar-refractivity contribution in [1.29, 1.82) is 0 Å². The first kappa shape index (κ1) is 15.6. The highest BCUT2D eigenvalue weighted by Gasteiger charge is 2.05. The molecule has 0 unspecified atom stereocenters. The van der Waals surface area contributed by atoms with Crippen LogP contribution in [0.15, 0.2) is 46.2 Å². The van der Waals surface area contributed by atoms with Crippen molar-refractivity contribution in [3.05, 3.63) is 36.4 Å². The summed E-state index contributed by atoms with van der Waals surface area (Å²) in [6.07, 6.45) is 0. The molecule has 0 aliphatic carbocycles. The highest BCUT2D eigenvalue weighted by Crippen LogP contribution is 2.26. The number of hydrogen-bond acceptors (Lipinski definition) is 6. The van der Waals surface area contributed by atoms with Crippen molar-refractivity contribution >= 4 is 45.6 Å². The molecule has 2 N–H and O–H groups in total. The fourth-order valence-corrected chi connectivity index (χ4v) is 3.51. The van der Waals surface area contributed by atoms with Gasteiger partial charge in [0, 0.05) is 21.3 Å². The minimum Gasteiger partial charge on any atom is -0.396 e. The van der Waals surface area contributed by atoms with Crippen molar-refractivity contribution in [2.75, 3.05) is 24.7 Å². The molecule has 3 rings (SSSR count). The Balaban J connectivity index is 1.98. The number of rotatable bonds is 6. The van der Waals surface area contributed by atoms with Gasteiger partial charge < -0.3 is 10.2 Å². The zero-order chi connectivity index (χ0) is 15.4. The van der Waals surface area contributed by atoms with Gasteiger partial charge in [-0.3, -0.25) is 0 Å². The first-order chi connectivity index (χ1) is 10.8. The van der Waals surface area contributed by atoms with Gasteiger partial charge in [-0.05, 0) is 36.4 Å². The molecular formula is C16H16N2O2S2. The van der Waals surface area contributed by atoms with E-state index in [4.69, 9.17) is 10.2 Å². The molecule has 22 heavy (non-hydrogen) atoms. The first-order valence-electron chi connectivity index (χ1n) is 6.99.